The zero-order valence-corrected chi connectivity index (χ0v) is 17.7. The predicted molar refractivity (Wildman–Crippen MR) is 116 cm³/mol. The Balaban J connectivity index is 1.45. The van der Waals surface area contributed by atoms with E-state index in [0.717, 1.165) is 18.8 Å². The second kappa shape index (κ2) is 9.73. The molecule has 3 rings (SSSR count). The number of para-hydroxylation sites is 1. The van der Waals surface area contributed by atoms with Crippen LogP contribution in [0.15, 0.2) is 59.5 Å². The molecule has 160 valence electrons. The Kier molecular flexibility index (Phi) is 7.07. The van der Waals surface area contributed by atoms with E-state index in [4.69, 9.17) is 0 Å². The molecule has 0 unspecified atom stereocenters. The first kappa shape index (κ1) is 21.8. The standard InChI is InChI=1S/C21H26N4O4S/c1-17(26)23-18-7-9-20(10-8-18)30(28,29)22-12-11-21(27)25-15-13-24(14-16-25)19-5-3-2-4-6-19/h2-10,22H,11-16H2,1H3,(H,23,26). The lowest BCUT2D eigenvalue weighted by atomic mass is 10.2. The maximum absolute atomic E-state index is 12.4. The van der Waals surface area contributed by atoms with Crippen LogP contribution in [0.2, 0.25) is 0 Å². The number of rotatable bonds is 7. The van der Waals surface area contributed by atoms with Crippen LogP contribution in [-0.4, -0.2) is 57.9 Å². The minimum Gasteiger partial charge on any atom is -0.368 e. The van der Waals surface area contributed by atoms with Crippen molar-refractivity contribution in [3.8, 4) is 0 Å². The summed E-state index contributed by atoms with van der Waals surface area (Å²) in [7, 11) is -3.72. The first-order valence-electron chi connectivity index (χ1n) is 9.80. The maximum Gasteiger partial charge on any atom is 0.240 e. The minimum absolute atomic E-state index is 0.0352. The molecule has 1 aliphatic rings. The van der Waals surface area contributed by atoms with Gasteiger partial charge in [-0.3, -0.25) is 9.59 Å². The van der Waals surface area contributed by atoms with Gasteiger partial charge in [0.1, 0.15) is 0 Å². The van der Waals surface area contributed by atoms with E-state index in [1.807, 2.05) is 18.2 Å². The van der Waals surface area contributed by atoms with Crippen LogP contribution < -0.4 is 14.9 Å². The molecule has 2 aromatic rings. The Morgan fingerprint density at radius 2 is 1.57 bits per heavy atom. The van der Waals surface area contributed by atoms with Crippen LogP contribution in [0.25, 0.3) is 0 Å². The Morgan fingerprint density at radius 1 is 0.933 bits per heavy atom. The fraction of sp³-hybridized carbons (Fsp3) is 0.333. The minimum atomic E-state index is -3.72. The quantitative estimate of drug-likeness (QED) is 0.696. The lowest BCUT2D eigenvalue weighted by Crippen LogP contribution is -2.49. The third-order valence-electron chi connectivity index (χ3n) is 4.87. The van der Waals surface area contributed by atoms with Gasteiger partial charge in [-0.1, -0.05) is 18.2 Å². The molecule has 2 aromatic carbocycles. The highest BCUT2D eigenvalue weighted by Gasteiger charge is 2.22. The number of carbonyl (C=O) groups is 2. The summed E-state index contributed by atoms with van der Waals surface area (Å²) in [5.74, 6) is -0.293. The Morgan fingerprint density at radius 3 is 2.17 bits per heavy atom. The van der Waals surface area contributed by atoms with Gasteiger partial charge in [-0.25, -0.2) is 13.1 Å². The van der Waals surface area contributed by atoms with Crippen LogP contribution in [0, 0.1) is 0 Å². The van der Waals surface area contributed by atoms with Gasteiger partial charge in [-0.05, 0) is 36.4 Å². The summed E-state index contributed by atoms with van der Waals surface area (Å²) < 4.78 is 27.3. The number of carbonyl (C=O) groups excluding carboxylic acids is 2. The molecule has 0 bridgehead atoms. The van der Waals surface area contributed by atoms with Gasteiger partial charge in [0.15, 0.2) is 0 Å². The summed E-state index contributed by atoms with van der Waals surface area (Å²) in [6, 6.07) is 15.9. The molecular formula is C21H26N4O4S. The van der Waals surface area contributed by atoms with E-state index in [0.29, 0.717) is 18.8 Å². The molecule has 30 heavy (non-hydrogen) atoms. The summed E-state index contributed by atoms with van der Waals surface area (Å²) in [4.78, 5) is 27.6. The van der Waals surface area contributed by atoms with Crippen molar-refractivity contribution in [3.05, 3.63) is 54.6 Å². The second-order valence-corrected chi connectivity index (χ2v) is 8.82. The highest BCUT2D eigenvalue weighted by atomic mass is 32.2. The van der Waals surface area contributed by atoms with Crippen molar-refractivity contribution in [1.29, 1.82) is 0 Å². The number of anilines is 2. The molecule has 2 N–H and O–H groups in total. The molecule has 0 aliphatic carbocycles. The summed E-state index contributed by atoms with van der Waals surface area (Å²) in [5.41, 5.74) is 1.66. The van der Waals surface area contributed by atoms with Crippen LogP contribution >= 0.6 is 0 Å². The molecular weight excluding hydrogens is 404 g/mol. The third kappa shape index (κ3) is 5.80. The van der Waals surface area contributed by atoms with Gasteiger partial charge in [-0.2, -0.15) is 0 Å². The van der Waals surface area contributed by atoms with E-state index in [9.17, 15) is 18.0 Å². The molecule has 0 radical (unpaired) electrons. The number of benzene rings is 2. The fourth-order valence-corrected chi connectivity index (χ4v) is 4.34. The number of piperazine rings is 1. The topological polar surface area (TPSA) is 98.8 Å². The van der Waals surface area contributed by atoms with Crippen LogP contribution in [0.1, 0.15) is 13.3 Å². The number of nitrogens with one attached hydrogen (secondary N) is 2. The molecule has 0 atom stereocenters. The summed E-state index contributed by atoms with van der Waals surface area (Å²) in [6.45, 7) is 4.15. The van der Waals surface area contributed by atoms with Gasteiger partial charge in [0.2, 0.25) is 21.8 Å². The maximum atomic E-state index is 12.4. The molecule has 0 spiro atoms. The van der Waals surface area contributed by atoms with Gasteiger partial charge in [0.25, 0.3) is 0 Å². The van der Waals surface area contributed by atoms with Gasteiger partial charge in [0, 0.05) is 57.4 Å². The molecule has 1 heterocycles. The summed E-state index contributed by atoms with van der Waals surface area (Å²) in [6.07, 6.45) is 0.106. The number of nitrogens with zero attached hydrogens (tertiary/aromatic N) is 2. The molecule has 0 aromatic heterocycles. The first-order valence-corrected chi connectivity index (χ1v) is 11.3. The van der Waals surface area contributed by atoms with Crippen molar-refractivity contribution in [3.63, 3.8) is 0 Å². The normalized spacial score (nSPS) is 14.4. The summed E-state index contributed by atoms with van der Waals surface area (Å²) in [5, 5.41) is 2.58. The molecule has 1 saturated heterocycles. The number of hydrogen-bond acceptors (Lipinski definition) is 5. The SMILES string of the molecule is CC(=O)Nc1ccc(S(=O)(=O)NCCC(=O)N2CCN(c3ccccc3)CC2)cc1. The monoisotopic (exact) mass is 430 g/mol. The second-order valence-electron chi connectivity index (χ2n) is 7.06. The van der Waals surface area contributed by atoms with E-state index in [-0.39, 0.29) is 29.7 Å². The van der Waals surface area contributed by atoms with E-state index in [1.54, 1.807) is 4.90 Å². The summed E-state index contributed by atoms with van der Waals surface area (Å²) >= 11 is 0. The number of hydrogen-bond donors (Lipinski definition) is 2. The lowest BCUT2D eigenvalue weighted by molar-refractivity contribution is -0.131. The predicted octanol–water partition coefficient (Wildman–Crippen LogP) is 1.66. The highest BCUT2D eigenvalue weighted by Crippen LogP contribution is 2.16. The third-order valence-corrected chi connectivity index (χ3v) is 6.35. The smallest absolute Gasteiger partial charge is 0.240 e. The van der Waals surface area contributed by atoms with Gasteiger partial charge >= 0.3 is 0 Å². The van der Waals surface area contributed by atoms with E-state index in [1.165, 1.54) is 31.2 Å². The molecule has 0 saturated carbocycles. The van der Waals surface area contributed by atoms with Crippen LogP contribution in [0.5, 0.6) is 0 Å². The molecule has 1 aliphatic heterocycles. The van der Waals surface area contributed by atoms with E-state index >= 15 is 0 Å². The number of amides is 2. The van der Waals surface area contributed by atoms with Gasteiger partial charge in [-0.15, -0.1) is 0 Å². The molecule has 2 amide bonds. The van der Waals surface area contributed by atoms with Crippen molar-refractivity contribution in [2.45, 2.75) is 18.2 Å². The van der Waals surface area contributed by atoms with E-state index in [2.05, 4.69) is 27.1 Å². The van der Waals surface area contributed by atoms with E-state index < -0.39 is 10.0 Å². The largest absolute Gasteiger partial charge is 0.368 e. The van der Waals surface area contributed by atoms with Crippen molar-refractivity contribution in [2.24, 2.45) is 0 Å². The average Bonchev–Trinajstić information content (AvgIpc) is 2.74. The van der Waals surface area contributed by atoms with Crippen LogP contribution in [0.3, 0.4) is 0 Å². The van der Waals surface area contributed by atoms with Gasteiger partial charge < -0.3 is 15.1 Å². The highest BCUT2D eigenvalue weighted by molar-refractivity contribution is 7.89. The Labute approximate surface area is 176 Å². The number of sulfonamides is 1. The average molecular weight is 431 g/mol. The van der Waals surface area contributed by atoms with Crippen LogP contribution in [-0.2, 0) is 19.6 Å². The Hall–Kier alpha value is -2.91. The first-order chi connectivity index (χ1) is 14.3. The Bertz CT molecular complexity index is 970. The van der Waals surface area contributed by atoms with Crippen molar-refractivity contribution >= 4 is 33.2 Å². The zero-order chi connectivity index (χ0) is 21.6. The fourth-order valence-electron chi connectivity index (χ4n) is 3.31. The lowest BCUT2D eigenvalue weighted by Gasteiger charge is -2.36. The molecule has 9 heteroatoms. The van der Waals surface area contributed by atoms with Crippen molar-refractivity contribution < 1.29 is 18.0 Å². The van der Waals surface area contributed by atoms with Gasteiger partial charge in [0.05, 0.1) is 4.90 Å². The molecule has 8 nitrogen and oxygen atoms in total. The van der Waals surface area contributed by atoms with Crippen molar-refractivity contribution in [2.75, 3.05) is 42.9 Å². The van der Waals surface area contributed by atoms with Crippen LogP contribution in [0.4, 0.5) is 11.4 Å². The zero-order valence-electron chi connectivity index (χ0n) is 16.9. The van der Waals surface area contributed by atoms with Crippen molar-refractivity contribution in [1.82, 2.24) is 9.62 Å². The molecule has 1 fully saturated rings.